The van der Waals surface area contributed by atoms with Crippen molar-refractivity contribution in [2.24, 2.45) is 16.9 Å². The molecular weight excluding hydrogens is 250 g/mol. The number of carbonyl (C=O) groups is 2. The molecule has 0 saturated heterocycles. The molecule has 5 N–H and O–H groups in total. The van der Waals surface area contributed by atoms with Crippen molar-refractivity contribution in [3.8, 4) is 0 Å². The van der Waals surface area contributed by atoms with Crippen molar-refractivity contribution in [3.63, 3.8) is 0 Å². The van der Waals surface area contributed by atoms with Crippen molar-refractivity contribution in [3.05, 3.63) is 0 Å². The first kappa shape index (κ1) is 14.9. The largest absolute Gasteiger partial charge is 0.392 e. The highest BCUT2D eigenvalue weighted by atomic mass is 32.1. The summed E-state index contributed by atoms with van der Waals surface area (Å²) in [5.74, 6) is -0.821. The number of nitrogens with two attached hydrogens (primary N) is 2. The van der Waals surface area contributed by atoms with Crippen molar-refractivity contribution in [2.75, 3.05) is 0 Å². The van der Waals surface area contributed by atoms with Crippen LogP contribution >= 0.6 is 12.2 Å². The number of hydrogen-bond acceptors (Lipinski definition) is 3. The lowest BCUT2D eigenvalue weighted by molar-refractivity contribution is -0.132. The predicted octanol–water partition coefficient (Wildman–Crippen LogP) is 0.603. The zero-order valence-corrected chi connectivity index (χ0v) is 11.5. The van der Waals surface area contributed by atoms with Gasteiger partial charge in [-0.2, -0.15) is 0 Å². The summed E-state index contributed by atoms with van der Waals surface area (Å²) in [5.41, 5.74) is 10.1. The van der Waals surface area contributed by atoms with E-state index in [1.54, 1.807) is 6.92 Å². The number of hydrogen-bond donors (Lipinski definition) is 3. The Bertz CT molecular complexity index is 349. The second kappa shape index (κ2) is 6.13. The first-order valence-electron chi connectivity index (χ1n) is 6.30. The minimum Gasteiger partial charge on any atom is -0.392 e. The maximum atomic E-state index is 12.3. The van der Waals surface area contributed by atoms with Crippen LogP contribution in [0.2, 0.25) is 0 Å². The molecule has 5 nitrogen and oxygen atoms in total. The van der Waals surface area contributed by atoms with E-state index in [-0.39, 0.29) is 10.9 Å². The molecule has 0 aromatic heterocycles. The van der Waals surface area contributed by atoms with E-state index in [1.165, 1.54) is 0 Å². The number of rotatable bonds is 4. The van der Waals surface area contributed by atoms with Gasteiger partial charge in [0.15, 0.2) is 0 Å². The molecule has 1 unspecified atom stereocenters. The number of amides is 2. The van der Waals surface area contributed by atoms with Crippen LogP contribution in [-0.2, 0) is 9.59 Å². The highest BCUT2D eigenvalue weighted by molar-refractivity contribution is 7.80. The Balaban J connectivity index is 2.86. The summed E-state index contributed by atoms with van der Waals surface area (Å²) in [7, 11) is 0. The Hall–Kier alpha value is -1.17. The number of primary amides is 1. The number of thiocarbonyl (C=S) groups is 1. The molecule has 0 aromatic rings. The smallest absolute Gasteiger partial charge is 0.239 e. The Morgan fingerprint density at radius 3 is 2.06 bits per heavy atom. The minimum atomic E-state index is -0.810. The van der Waals surface area contributed by atoms with Gasteiger partial charge >= 0.3 is 0 Å². The number of nitrogens with one attached hydrogen (secondary N) is 1. The molecule has 0 aromatic carbocycles. The Morgan fingerprint density at radius 1 is 1.17 bits per heavy atom. The Kier molecular flexibility index (Phi) is 5.07. The zero-order valence-electron chi connectivity index (χ0n) is 10.7. The average Bonchev–Trinajstić information content (AvgIpc) is 2.54. The fourth-order valence-electron chi connectivity index (χ4n) is 2.32. The van der Waals surface area contributed by atoms with E-state index < -0.39 is 17.4 Å². The molecule has 0 aliphatic heterocycles. The van der Waals surface area contributed by atoms with Crippen LogP contribution in [0.3, 0.4) is 0 Å². The molecule has 18 heavy (non-hydrogen) atoms. The van der Waals surface area contributed by atoms with Crippen LogP contribution in [0, 0.1) is 5.41 Å². The maximum Gasteiger partial charge on any atom is 0.239 e. The van der Waals surface area contributed by atoms with Gasteiger partial charge in [0.2, 0.25) is 11.8 Å². The van der Waals surface area contributed by atoms with Crippen molar-refractivity contribution in [1.82, 2.24) is 5.32 Å². The van der Waals surface area contributed by atoms with Gasteiger partial charge < -0.3 is 16.8 Å². The van der Waals surface area contributed by atoms with Crippen LogP contribution in [0.5, 0.6) is 0 Å². The van der Waals surface area contributed by atoms with Gasteiger partial charge in [-0.25, -0.2) is 0 Å². The van der Waals surface area contributed by atoms with Crippen LogP contribution in [0.4, 0.5) is 0 Å². The highest BCUT2D eigenvalue weighted by Crippen LogP contribution is 2.35. The first-order valence-corrected chi connectivity index (χ1v) is 6.71. The summed E-state index contributed by atoms with van der Waals surface area (Å²) in [6, 6.07) is -0.702. The van der Waals surface area contributed by atoms with E-state index in [1.807, 2.05) is 0 Å². The molecule has 1 rings (SSSR count). The predicted molar refractivity (Wildman–Crippen MR) is 73.7 cm³/mol. The molecule has 1 atom stereocenters. The van der Waals surface area contributed by atoms with E-state index >= 15 is 0 Å². The SMILES string of the molecule is CC(NC(=O)C1(C(N)=S)CCCCCC1)C(N)=O. The molecule has 0 spiro atoms. The summed E-state index contributed by atoms with van der Waals surface area (Å²) in [6.07, 6.45) is 5.33. The zero-order chi connectivity index (χ0) is 13.8. The molecular formula is C12H21N3O2S. The Labute approximate surface area is 113 Å². The quantitative estimate of drug-likeness (QED) is 0.515. The molecule has 0 radical (unpaired) electrons. The second-order valence-corrected chi connectivity index (χ2v) is 5.40. The fraction of sp³-hybridized carbons (Fsp3) is 0.750. The van der Waals surface area contributed by atoms with Gasteiger partial charge in [-0.15, -0.1) is 0 Å². The molecule has 1 fully saturated rings. The molecule has 1 saturated carbocycles. The third kappa shape index (κ3) is 3.19. The topological polar surface area (TPSA) is 98.2 Å². The summed E-state index contributed by atoms with van der Waals surface area (Å²) >= 11 is 5.08. The summed E-state index contributed by atoms with van der Waals surface area (Å²) in [4.78, 5) is 23.6. The normalized spacial score (nSPS) is 20.5. The minimum absolute atomic E-state index is 0.221. The molecule has 1 aliphatic carbocycles. The van der Waals surface area contributed by atoms with Crippen LogP contribution in [0.15, 0.2) is 0 Å². The van der Waals surface area contributed by atoms with Crippen molar-refractivity contribution >= 4 is 29.0 Å². The molecule has 0 heterocycles. The van der Waals surface area contributed by atoms with Crippen molar-refractivity contribution < 1.29 is 9.59 Å². The second-order valence-electron chi connectivity index (χ2n) is 4.96. The maximum absolute atomic E-state index is 12.3. The third-order valence-electron chi connectivity index (χ3n) is 3.64. The van der Waals surface area contributed by atoms with Crippen LogP contribution in [0.1, 0.15) is 45.4 Å². The summed E-state index contributed by atoms with van der Waals surface area (Å²) in [5, 5.41) is 2.62. The molecule has 1 aliphatic rings. The third-order valence-corrected chi connectivity index (χ3v) is 4.03. The monoisotopic (exact) mass is 271 g/mol. The first-order chi connectivity index (χ1) is 8.40. The molecule has 6 heteroatoms. The van der Waals surface area contributed by atoms with Crippen LogP contribution < -0.4 is 16.8 Å². The number of carbonyl (C=O) groups excluding carboxylic acids is 2. The van der Waals surface area contributed by atoms with Crippen molar-refractivity contribution in [2.45, 2.75) is 51.5 Å². The van der Waals surface area contributed by atoms with Gasteiger partial charge in [-0.1, -0.05) is 37.9 Å². The van der Waals surface area contributed by atoms with Crippen LogP contribution in [-0.4, -0.2) is 22.8 Å². The molecule has 102 valence electrons. The standard InChI is InChI=1S/C12H21N3O2S/c1-8(9(13)16)15-11(17)12(10(14)18)6-4-2-3-5-7-12/h8H,2-7H2,1H3,(H2,13,16)(H2,14,18)(H,15,17). The lowest BCUT2D eigenvalue weighted by Crippen LogP contribution is -2.53. The van der Waals surface area contributed by atoms with Gasteiger partial charge in [-0.05, 0) is 19.8 Å². The van der Waals surface area contributed by atoms with Gasteiger partial charge in [0, 0.05) is 0 Å². The lowest BCUT2D eigenvalue weighted by Gasteiger charge is -2.31. The van der Waals surface area contributed by atoms with E-state index in [0.717, 1.165) is 25.7 Å². The fourth-order valence-corrected chi connectivity index (χ4v) is 2.62. The summed E-state index contributed by atoms with van der Waals surface area (Å²) < 4.78 is 0. The van der Waals surface area contributed by atoms with E-state index in [9.17, 15) is 9.59 Å². The van der Waals surface area contributed by atoms with Gasteiger partial charge in [0.25, 0.3) is 0 Å². The Morgan fingerprint density at radius 2 is 1.67 bits per heavy atom. The van der Waals surface area contributed by atoms with Crippen molar-refractivity contribution in [1.29, 1.82) is 0 Å². The van der Waals surface area contributed by atoms with Gasteiger partial charge in [0.05, 0.1) is 10.4 Å². The highest BCUT2D eigenvalue weighted by Gasteiger charge is 2.42. The van der Waals surface area contributed by atoms with E-state index in [2.05, 4.69) is 5.32 Å². The van der Waals surface area contributed by atoms with Crippen LogP contribution in [0.25, 0.3) is 0 Å². The summed E-state index contributed by atoms with van der Waals surface area (Å²) in [6.45, 7) is 1.56. The average molecular weight is 271 g/mol. The molecule has 2 amide bonds. The molecule has 0 bridgehead atoms. The van der Waals surface area contributed by atoms with E-state index in [0.29, 0.717) is 12.8 Å². The lowest BCUT2D eigenvalue weighted by atomic mass is 9.79. The van der Waals surface area contributed by atoms with Gasteiger partial charge in [-0.3, -0.25) is 9.59 Å². The van der Waals surface area contributed by atoms with Gasteiger partial charge in [0.1, 0.15) is 6.04 Å². The van der Waals surface area contributed by atoms with E-state index in [4.69, 9.17) is 23.7 Å².